The molecule has 6 heteroatoms. The van der Waals surface area contributed by atoms with Crippen LogP contribution in [-0.2, 0) is 22.3 Å². The fourth-order valence-corrected chi connectivity index (χ4v) is 10.8. The van der Waals surface area contributed by atoms with Crippen molar-refractivity contribution in [2.24, 2.45) is 5.92 Å². The Labute approximate surface area is 228 Å². The van der Waals surface area contributed by atoms with Gasteiger partial charge < -0.3 is 13.7 Å². The molecule has 0 amide bonds. The maximum absolute atomic E-state index is 12.8. The van der Waals surface area contributed by atoms with Crippen LogP contribution in [0.5, 0.6) is 0 Å². The Hall–Kier alpha value is -2.51. The van der Waals surface area contributed by atoms with Gasteiger partial charge in [0.1, 0.15) is 6.61 Å². The second kappa shape index (κ2) is 10.3. The van der Waals surface area contributed by atoms with E-state index in [0.717, 1.165) is 33.2 Å². The van der Waals surface area contributed by atoms with E-state index in [1.54, 1.807) is 0 Å². The molecule has 1 aromatic heterocycles. The molecule has 37 heavy (non-hydrogen) atoms. The largest absolute Gasteiger partial charge is 0.407 e. The third-order valence-corrected chi connectivity index (χ3v) is 12.9. The van der Waals surface area contributed by atoms with Gasteiger partial charge in [-0.15, -0.1) is 0 Å². The highest BCUT2D eigenvalue weighted by molar-refractivity contribution is 9.10. The number of carbonyl (C=O) groups excluding carboxylic acids is 1. The van der Waals surface area contributed by atoms with E-state index in [9.17, 15) is 4.79 Å². The summed E-state index contributed by atoms with van der Waals surface area (Å²) in [7, 11) is -2.61. The Morgan fingerprint density at radius 3 is 2.19 bits per heavy atom. The van der Waals surface area contributed by atoms with Crippen molar-refractivity contribution in [1.29, 1.82) is 0 Å². The van der Waals surface area contributed by atoms with Crippen molar-refractivity contribution in [3.63, 3.8) is 0 Å². The van der Waals surface area contributed by atoms with Gasteiger partial charge in [0.05, 0.1) is 23.4 Å². The Balaban J connectivity index is 1.51. The molecule has 4 aromatic rings. The van der Waals surface area contributed by atoms with Crippen molar-refractivity contribution < 1.29 is 14.0 Å². The number of aromatic nitrogens is 1. The lowest BCUT2D eigenvalue weighted by atomic mass is 10.1. The number of ether oxygens (including phenoxy) is 1. The number of rotatable bonds is 7. The zero-order valence-electron chi connectivity index (χ0n) is 22.0. The van der Waals surface area contributed by atoms with Gasteiger partial charge in [-0.05, 0) is 33.5 Å². The quantitative estimate of drug-likeness (QED) is 0.242. The SMILES string of the molecule is CC(CO[Si](c1ccccc1)(c1ccccc1)C(C)(C)C)Cn1c2c(c3ccc(Br)cc31)C(=O)COC2. The summed E-state index contributed by atoms with van der Waals surface area (Å²) in [6, 6.07) is 27.7. The minimum absolute atomic E-state index is 0.0588. The highest BCUT2D eigenvalue weighted by atomic mass is 79.9. The molecule has 0 aliphatic carbocycles. The summed E-state index contributed by atoms with van der Waals surface area (Å²) in [6.07, 6.45) is 0. The topological polar surface area (TPSA) is 40.5 Å². The molecule has 0 spiro atoms. The Bertz CT molecular complexity index is 1370. The summed E-state index contributed by atoms with van der Waals surface area (Å²) in [5, 5.41) is 3.51. The molecule has 3 aromatic carbocycles. The number of nitrogens with zero attached hydrogens (tertiary/aromatic N) is 1. The minimum Gasteiger partial charge on any atom is -0.407 e. The van der Waals surface area contributed by atoms with Crippen molar-refractivity contribution in [3.8, 4) is 0 Å². The van der Waals surface area contributed by atoms with Crippen molar-refractivity contribution in [2.75, 3.05) is 13.2 Å². The van der Waals surface area contributed by atoms with Crippen LogP contribution in [0.15, 0.2) is 83.3 Å². The summed E-state index contributed by atoms with van der Waals surface area (Å²) in [6.45, 7) is 11.1. The van der Waals surface area contributed by atoms with Crippen LogP contribution in [0.4, 0.5) is 0 Å². The average Bonchev–Trinajstić information content (AvgIpc) is 3.18. The Kier molecular flexibility index (Phi) is 7.29. The van der Waals surface area contributed by atoms with Crippen molar-refractivity contribution in [1.82, 2.24) is 4.57 Å². The predicted octanol–water partition coefficient (Wildman–Crippen LogP) is 6.33. The monoisotopic (exact) mass is 575 g/mol. The number of hydrogen-bond acceptors (Lipinski definition) is 3. The lowest BCUT2D eigenvalue weighted by Gasteiger charge is -2.43. The zero-order valence-corrected chi connectivity index (χ0v) is 24.5. The van der Waals surface area contributed by atoms with Crippen molar-refractivity contribution in [3.05, 3.63) is 94.6 Å². The molecule has 1 aliphatic rings. The van der Waals surface area contributed by atoms with E-state index >= 15 is 0 Å². The molecule has 0 saturated heterocycles. The first kappa shape index (κ1) is 26.1. The van der Waals surface area contributed by atoms with Gasteiger partial charge in [0, 0.05) is 23.0 Å². The van der Waals surface area contributed by atoms with Gasteiger partial charge in [0.15, 0.2) is 5.78 Å². The molecule has 5 rings (SSSR count). The summed E-state index contributed by atoms with van der Waals surface area (Å²) in [4.78, 5) is 12.8. The van der Waals surface area contributed by atoms with Gasteiger partial charge in [-0.2, -0.15) is 0 Å². The number of fused-ring (bicyclic) bond motifs is 3. The van der Waals surface area contributed by atoms with Crippen LogP contribution in [0.2, 0.25) is 5.04 Å². The van der Waals surface area contributed by atoms with Gasteiger partial charge in [-0.3, -0.25) is 4.79 Å². The van der Waals surface area contributed by atoms with E-state index in [1.165, 1.54) is 10.4 Å². The van der Waals surface area contributed by atoms with Crippen LogP contribution < -0.4 is 10.4 Å². The normalized spacial score (nSPS) is 15.1. The van der Waals surface area contributed by atoms with E-state index in [4.69, 9.17) is 9.16 Å². The first-order valence-electron chi connectivity index (χ1n) is 12.9. The molecule has 1 aliphatic heterocycles. The van der Waals surface area contributed by atoms with E-state index in [1.807, 2.05) is 12.1 Å². The summed E-state index contributed by atoms with van der Waals surface area (Å²) < 4.78 is 16.1. The first-order chi connectivity index (χ1) is 17.7. The maximum atomic E-state index is 12.8. The van der Waals surface area contributed by atoms with Gasteiger partial charge >= 0.3 is 0 Å². The molecule has 1 unspecified atom stereocenters. The number of Topliss-reactive ketones (excluding diaryl/α,β-unsaturated/α-hetero) is 1. The number of ketones is 1. The molecule has 2 heterocycles. The fraction of sp³-hybridized carbons (Fsp3) is 0.323. The summed E-state index contributed by atoms with van der Waals surface area (Å²) in [5.41, 5.74) is 2.85. The number of benzene rings is 3. The molecule has 0 saturated carbocycles. The van der Waals surface area contributed by atoms with Gasteiger partial charge in [0.25, 0.3) is 8.32 Å². The minimum atomic E-state index is -2.61. The van der Waals surface area contributed by atoms with Gasteiger partial charge in [-0.25, -0.2) is 0 Å². The van der Waals surface area contributed by atoms with Crippen molar-refractivity contribution >= 4 is 51.3 Å². The molecule has 1 atom stereocenters. The molecule has 4 nitrogen and oxygen atoms in total. The van der Waals surface area contributed by atoms with E-state index in [-0.39, 0.29) is 23.3 Å². The fourth-order valence-electron chi connectivity index (χ4n) is 5.75. The molecule has 0 radical (unpaired) electrons. The van der Waals surface area contributed by atoms with E-state index in [0.29, 0.717) is 13.2 Å². The summed E-state index contributed by atoms with van der Waals surface area (Å²) in [5.74, 6) is 0.279. The van der Waals surface area contributed by atoms with Crippen LogP contribution in [0, 0.1) is 5.92 Å². The molecule has 0 bridgehead atoms. The molecule has 0 N–H and O–H groups in total. The maximum Gasteiger partial charge on any atom is 0.261 e. The number of carbonyl (C=O) groups is 1. The van der Waals surface area contributed by atoms with Crippen LogP contribution in [0.25, 0.3) is 10.9 Å². The molecule has 192 valence electrons. The number of hydrogen-bond donors (Lipinski definition) is 0. The third kappa shape index (κ3) is 4.76. The average molecular weight is 577 g/mol. The van der Waals surface area contributed by atoms with Crippen LogP contribution >= 0.6 is 15.9 Å². The van der Waals surface area contributed by atoms with E-state index in [2.05, 4.69) is 115 Å². The highest BCUT2D eigenvalue weighted by Gasteiger charge is 2.50. The predicted molar refractivity (Wildman–Crippen MR) is 156 cm³/mol. The highest BCUT2D eigenvalue weighted by Crippen LogP contribution is 2.37. The number of halogens is 1. The lowest BCUT2D eigenvalue weighted by molar-refractivity contribution is 0.0648. The van der Waals surface area contributed by atoms with Crippen LogP contribution in [0.1, 0.15) is 43.7 Å². The zero-order chi connectivity index (χ0) is 26.2. The van der Waals surface area contributed by atoms with E-state index < -0.39 is 8.32 Å². The van der Waals surface area contributed by atoms with Crippen LogP contribution in [-0.4, -0.2) is 31.9 Å². The smallest absolute Gasteiger partial charge is 0.261 e. The van der Waals surface area contributed by atoms with Gasteiger partial charge in [-0.1, -0.05) is 110 Å². The van der Waals surface area contributed by atoms with Crippen molar-refractivity contribution in [2.45, 2.75) is 45.9 Å². The third-order valence-electron chi connectivity index (χ3n) is 7.38. The Morgan fingerprint density at radius 2 is 1.59 bits per heavy atom. The molecular formula is C31H34BrNO3Si. The Morgan fingerprint density at radius 1 is 0.973 bits per heavy atom. The standard InChI is InChI=1S/C31H34BrNO3Si/c1-22(18-33-27-17-23(32)15-16-26(27)30-28(33)20-35-21-29(30)34)19-36-37(31(2,3)4,24-11-7-5-8-12-24)25-13-9-6-10-14-25/h5-17,22H,18-21H2,1-4H3. The summed E-state index contributed by atoms with van der Waals surface area (Å²) >= 11 is 3.62. The van der Waals surface area contributed by atoms with Gasteiger partial charge in [0.2, 0.25) is 0 Å². The molecular weight excluding hydrogens is 542 g/mol. The first-order valence-corrected chi connectivity index (χ1v) is 15.6. The second-order valence-corrected chi connectivity index (χ2v) is 16.3. The lowest BCUT2D eigenvalue weighted by Crippen LogP contribution is -2.66. The van der Waals surface area contributed by atoms with Crippen LogP contribution in [0.3, 0.4) is 0 Å². The molecule has 0 fully saturated rings. The second-order valence-electron chi connectivity index (χ2n) is 11.1.